The lowest BCUT2D eigenvalue weighted by atomic mass is 10.4. The van der Waals surface area contributed by atoms with E-state index in [4.69, 9.17) is 11.6 Å². The second-order valence-corrected chi connectivity index (χ2v) is 3.59. The number of rotatable bonds is 1. The van der Waals surface area contributed by atoms with Crippen LogP contribution in [0.5, 0.6) is 0 Å². The van der Waals surface area contributed by atoms with Gasteiger partial charge in [-0.05, 0) is 22.0 Å². The zero-order valence-electron chi connectivity index (χ0n) is 6.31. The van der Waals surface area contributed by atoms with Crippen molar-refractivity contribution in [3.05, 3.63) is 21.9 Å². The molecule has 0 atom stereocenters. The van der Waals surface area contributed by atoms with Crippen molar-refractivity contribution in [1.29, 1.82) is 0 Å². The predicted molar refractivity (Wildman–Crippen MR) is 51.3 cm³/mol. The van der Waals surface area contributed by atoms with E-state index >= 15 is 0 Å². The zero-order valence-corrected chi connectivity index (χ0v) is 8.65. The minimum absolute atomic E-state index is 0.511. The Morgan fingerprint density at radius 2 is 2.18 bits per heavy atom. The molecule has 0 aliphatic carbocycles. The van der Waals surface area contributed by atoms with Gasteiger partial charge in [0.1, 0.15) is 5.15 Å². The first kappa shape index (κ1) is 8.81. The van der Waals surface area contributed by atoms with Gasteiger partial charge in [-0.15, -0.1) is 0 Å². The van der Waals surface area contributed by atoms with Crippen LogP contribution >= 0.6 is 27.5 Å². The average Bonchev–Trinajstić information content (AvgIpc) is 1.94. The summed E-state index contributed by atoms with van der Waals surface area (Å²) in [4.78, 5) is 5.88. The van der Waals surface area contributed by atoms with Crippen molar-refractivity contribution in [3.8, 4) is 0 Å². The molecule has 0 aliphatic heterocycles. The summed E-state index contributed by atoms with van der Waals surface area (Å²) < 4.78 is 0.951. The van der Waals surface area contributed by atoms with Crippen LogP contribution in [0.15, 0.2) is 16.7 Å². The maximum absolute atomic E-state index is 5.70. The third-order valence-electron chi connectivity index (χ3n) is 1.28. The molecule has 4 heteroatoms. The summed E-state index contributed by atoms with van der Waals surface area (Å²) in [7, 11) is 3.91. The zero-order chi connectivity index (χ0) is 8.43. The second kappa shape index (κ2) is 3.41. The fourth-order valence-corrected chi connectivity index (χ4v) is 1.47. The Morgan fingerprint density at radius 3 is 2.64 bits per heavy atom. The SMILES string of the molecule is CN(C)c1cc(Cl)ncc1Br. The van der Waals surface area contributed by atoms with Crippen molar-refractivity contribution in [2.24, 2.45) is 0 Å². The molecule has 0 bridgehead atoms. The van der Waals surface area contributed by atoms with Gasteiger partial charge >= 0.3 is 0 Å². The molecule has 0 fully saturated rings. The van der Waals surface area contributed by atoms with E-state index in [2.05, 4.69) is 20.9 Å². The van der Waals surface area contributed by atoms with E-state index in [1.807, 2.05) is 25.1 Å². The highest BCUT2D eigenvalue weighted by molar-refractivity contribution is 9.10. The Balaban J connectivity index is 3.13. The first-order valence-electron chi connectivity index (χ1n) is 3.09. The molecule has 0 saturated carbocycles. The molecule has 1 aromatic rings. The number of pyridine rings is 1. The van der Waals surface area contributed by atoms with E-state index in [1.165, 1.54) is 0 Å². The average molecular weight is 236 g/mol. The van der Waals surface area contributed by atoms with Crippen LogP contribution in [0.1, 0.15) is 0 Å². The predicted octanol–water partition coefficient (Wildman–Crippen LogP) is 2.56. The molecular weight excluding hydrogens is 227 g/mol. The number of hydrogen-bond donors (Lipinski definition) is 0. The number of hydrogen-bond acceptors (Lipinski definition) is 2. The summed E-state index contributed by atoms with van der Waals surface area (Å²) in [5.41, 5.74) is 1.03. The smallest absolute Gasteiger partial charge is 0.131 e. The molecule has 0 aromatic carbocycles. The fraction of sp³-hybridized carbons (Fsp3) is 0.286. The summed E-state index contributed by atoms with van der Waals surface area (Å²) in [6, 6.07) is 1.81. The summed E-state index contributed by atoms with van der Waals surface area (Å²) in [5.74, 6) is 0. The maximum atomic E-state index is 5.70. The Hall–Kier alpha value is -0.280. The van der Waals surface area contributed by atoms with Crippen molar-refractivity contribution in [1.82, 2.24) is 4.98 Å². The number of nitrogens with zero attached hydrogens (tertiary/aromatic N) is 2. The first-order chi connectivity index (χ1) is 5.11. The topological polar surface area (TPSA) is 16.1 Å². The molecule has 0 spiro atoms. The van der Waals surface area contributed by atoms with Crippen LogP contribution in [-0.2, 0) is 0 Å². The van der Waals surface area contributed by atoms with Crippen molar-refractivity contribution in [2.45, 2.75) is 0 Å². The van der Waals surface area contributed by atoms with Gasteiger partial charge in [0.25, 0.3) is 0 Å². The van der Waals surface area contributed by atoms with Gasteiger partial charge in [-0.25, -0.2) is 4.98 Å². The Kier molecular flexibility index (Phi) is 2.73. The maximum Gasteiger partial charge on any atom is 0.131 e. The molecule has 60 valence electrons. The second-order valence-electron chi connectivity index (χ2n) is 2.35. The highest BCUT2D eigenvalue weighted by Gasteiger charge is 2.02. The van der Waals surface area contributed by atoms with Crippen LogP contribution in [0.3, 0.4) is 0 Å². The highest BCUT2D eigenvalue weighted by atomic mass is 79.9. The minimum atomic E-state index is 0.511. The molecular formula is C7H8BrClN2. The molecule has 0 saturated heterocycles. The van der Waals surface area contributed by atoms with Gasteiger partial charge in [-0.3, -0.25) is 0 Å². The third-order valence-corrected chi connectivity index (χ3v) is 2.10. The Labute approximate surface area is 79.3 Å². The highest BCUT2D eigenvalue weighted by Crippen LogP contribution is 2.25. The van der Waals surface area contributed by atoms with Gasteiger partial charge in [0.05, 0.1) is 10.2 Å². The van der Waals surface area contributed by atoms with Crippen LogP contribution in [0.4, 0.5) is 5.69 Å². The lowest BCUT2D eigenvalue weighted by Gasteiger charge is -2.13. The van der Waals surface area contributed by atoms with Crippen LogP contribution in [0, 0.1) is 0 Å². The van der Waals surface area contributed by atoms with Crippen LogP contribution in [0.25, 0.3) is 0 Å². The van der Waals surface area contributed by atoms with Crippen molar-refractivity contribution in [3.63, 3.8) is 0 Å². The first-order valence-corrected chi connectivity index (χ1v) is 4.26. The molecule has 0 unspecified atom stereocenters. The van der Waals surface area contributed by atoms with Gasteiger partial charge in [-0.2, -0.15) is 0 Å². The van der Waals surface area contributed by atoms with Crippen LogP contribution in [0.2, 0.25) is 5.15 Å². The van der Waals surface area contributed by atoms with E-state index < -0.39 is 0 Å². The monoisotopic (exact) mass is 234 g/mol. The number of aromatic nitrogens is 1. The van der Waals surface area contributed by atoms with Gasteiger partial charge in [0, 0.05) is 20.3 Å². The van der Waals surface area contributed by atoms with E-state index in [0.29, 0.717) is 5.15 Å². The molecule has 0 amide bonds. The van der Waals surface area contributed by atoms with Crippen LogP contribution < -0.4 is 4.90 Å². The number of halogens is 2. The Bertz CT molecular complexity index is 263. The molecule has 0 N–H and O–H groups in total. The van der Waals surface area contributed by atoms with Gasteiger partial charge in [-0.1, -0.05) is 11.6 Å². The van der Waals surface area contributed by atoms with Gasteiger partial charge in [0.2, 0.25) is 0 Å². The molecule has 2 nitrogen and oxygen atoms in total. The standard InChI is InChI=1S/C7H8BrClN2/c1-11(2)6-3-7(9)10-4-5(6)8/h3-4H,1-2H3. The van der Waals surface area contributed by atoms with Crippen molar-refractivity contribution in [2.75, 3.05) is 19.0 Å². The van der Waals surface area contributed by atoms with E-state index in [9.17, 15) is 0 Å². The summed E-state index contributed by atoms with van der Waals surface area (Å²) in [5, 5.41) is 0.511. The van der Waals surface area contributed by atoms with Gasteiger partial charge < -0.3 is 4.90 Å². The van der Waals surface area contributed by atoms with E-state index in [-0.39, 0.29) is 0 Å². The fourth-order valence-electron chi connectivity index (χ4n) is 0.746. The van der Waals surface area contributed by atoms with Crippen LogP contribution in [-0.4, -0.2) is 19.1 Å². The quantitative estimate of drug-likeness (QED) is 0.696. The molecule has 1 aromatic heterocycles. The lowest BCUT2D eigenvalue weighted by molar-refractivity contribution is 1.11. The summed E-state index contributed by atoms with van der Waals surface area (Å²) in [6.45, 7) is 0. The van der Waals surface area contributed by atoms with Gasteiger partial charge in [0.15, 0.2) is 0 Å². The van der Waals surface area contributed by atoms with Crippen molar-refractivity contribution >= 4 is 33.2 Å². The minimum Gasteiger partial charge on any atom is -0.377 e. The normalized spacial score (nSPS) is 9.82. The van der Waals surface area contributed by atoms with E-state index in [1.54, 1.807) is 6.20 Å². The molecule has 1 heterocycles. The summed E-state index contributed by atoms with van der Waals surface area (Å²) in [6.07, 6.45) is 1.69. The van der Waals surface area contributed by atoms with Crippen molar-refractivity contribution < 1.29 is 0 Å². The summed E-state index contributed by atoms with van der Waals surface area (Å²) >= 11 is 9.07. The molecule has 11 heavy (non-hydrogen) atoms. The molecule has 0 aliphatic rings. The largest absolute Gasteiger partial charge is 0.377 e. The Morgan fingerprint density at radius 1 is 1.55 bits per heavy atom. The lowest BCUT2D eigenvalue weighted by Crippen LogP contribution is -2.09. The molecule has 0 radical (unpaired) electrons. The van der Waals surface area contributed by atoms with E-state index in [0.717, 1.165) is 10.2 Å². The number of anilines is 1. The molecule has 1 rings (SSSR count). The third kappa shape index (κ3) is 2.07.